The fourth-order valence-corrected chi connectivity index (χ4v) is 2.95. The molecule has 6 N–H and O–H groups in total. The van der Waals surface area contributed by atoms with Crippen LogP contribution >= 0.6 is 0 Å². The van der Waals surface area contributed by atoms with Crippen molar-refractivity contribution in [1.82, 2.24) is 10.6 Å². The van der Waals surface area contributed by atoms with E-state index in [1.54, 1.807) is 6.07 Å². The van der Waals surface area contributed by atoms with Crippen molar-refractivity contribution < 1.29 is 27.1 Å². The van der Waals surface area contributed by atoms with Gasteiger partial charge in [-0.25, -0.2) is 4.39 Å². The lowest BCUT2D eigenvalue weighted by molar-refractivity contribution is -0.137. The maximum atomic E-state index is 14.0. The Morgan fingerprint density at radius 2 is 1.76 bits per heavy atom. The summed E-state index contributed by atoms with van der Waals surface area (Å²) in [6, 6.07) is 7.47. The van der Waals surface area contributed by atoms with Gasteiger partial charge in [-0.1, -0.05) is 19.9 Å². The monoisotopic (exact) mass is 483 g/mol. The number of methoxy groups -OCH3 is 1. The third-order valence-electron chi connectivity index (χ3n) is 4.78. The summed E-state index contributed by atoms with van der Waals surface area (Å²) in [5, 5.41) is 5.83. The highest BCUT2D eigenvalue weighted by Crippen LogP contribution is 2.29. The Labute approximate surface area is 195 Å². The van der Waals surface area contributed by atoms with E-state index in [0.29, 0.717) is 12.1 Å². The second kappa shape index (κ2) is 11.8. The van der Waals surface area contributed by atoms with Crippen LogP contribution < -0.4 is 26.8 Å². The normalized spacial score (nSPS) is 14.0. The molecule has 2 aromatic rings. The average Bonchev–Trinajstić information content (AvgIpc) is 2.76. The van der Waals surface area contributed by atoms with Gasteiger partial charge in [-0.15, -0.1) is 0 Å². The second-order valence-electron chi connectivity index (χ2n) is 8.10. The van der Waals surface area contributed by atoms with Gasteiger partial charge in [0.25, 0.3) is 5.91 Å². The van der Waals surface area contributed by atoms with Crippen molar-refractivity contribution in [1.29, 1.82) is 0 Å². The Kier molecular flexibility index (Phi) is 9.39. The van der Waals surface area contributed by atoms with Crippen LogP contribution in [0.15, 0.2) is 47.5 Å². The first-order valence-corrected chi connectivity index (χ1v) is 10.6. The van der Waals surface area contributed by atoms with Gasteiger partial charge in [0.2, 0.25) is 5.96 Å². The molecule has 7 nitrogen and oxygen atoms in total. The highest BCUT2D eigenvalue weighted by Gasteiger charge is 2.30. The number of rotatable bonds is 8. The molecule has 0 saturated heterocycles. The van der Waals surface area contributed by atoms with Gasteiger partial charge in [0.05, 0.1) is 18.8 Å². The van der Waals surface area contributed by atoms with Gasteiger partial charge in [0, 0.05) is 18.2 Å². The van der Waals surface area contributed by atoms with E-state index in [2.05, 4.69) is 15.6 Å². The molecule has 0 spiro atoms. The summed E-state index contributed by atoms with van der Waals surface area (Å²) in [7, 11) is 1.36. The molecule has 0 fully saturated rings. The summed E-state index contributed by atoms with van der Waals surface area (Å²) in [5.41, 5.74) is 11.9. The molecule has 0 bridgehead atoms. The van der Waals surface area contributed by atoms with E-state index in [1.165, 1.54) is 19.2 Å². The van der Waals surface area contributed by atoms with Crippen LogP contribution in [0, 0.1) is 11.7 Å². The maximum absolute atomic E-state index is 14.0. The number of nitrogens with one attached hydrogen (secondary N) is 2. The van der Waals surface area contributed by atoms with Gasteiger partial charge < -0.3 is 26.8 Å². The lowest BCUT2D eigenvalue weighted by atomic mass is 10.0. The Balaban J connectivity index is 2.12. The largest absolute Gasteiger partial charge is 0.494 e. The van der Waals surface area contributed by atoms with Crippen molar-refractivity contribution in [2.45, 2.75) is 38.7 Å². The molecule has 0 heterocycles. The average molecular weight is 484 g/mol. The van der Waals surface area contributed by atoms with Gasteiger partial charge in [0.1, 0.15) is 0 Å². The summed E-state index contributed by atoms with van der Waals surface area (Å²) in [5.74, 6) is -0.957. The number of carbonyl (C=O) groups excluding carboxylic acids is 1. The molecular formula is C23H29F4N5O2. The van der Waals surface area contributed by atoms with Crippen molar-refractivity contribution in [3.05, 3.63) is 65.0 Å². The Morgan fingerprint density at radius 3 is 2.29 bits per heavy atom. The number of benzene rings is 2. The maximum Gasteiger partial charge on any atom is 0.416 e. The molecule has 0 aliphatic rings. The molecule has 11 heteroatoms. The van der Waals surface area contributed by atoms with E-state index < -0.39 is 35.7 Å². The van der Waals surface area contributed by atoms with E-state index in [-0.39, 0.29) is 29.6 Å². The minimum atomic E-state index is -4.51. The molecule has 2 unspecified atom stereocenters. The lowest BCUT2D eigenvalue weighted by Crippen LogP contribution is -2.49. The first-order valence-electron chi connectivity index (χ1n) is 10.6. The third kappa shape index (κ3) is 7.99. The van der Waals surface area contributed by atoms with E-state index in [4.69, 9.17) is 16.2 Å². The van der Waals surface area contributed by atoms with Crippen LogP contribution in [0.25, 0.3) is 0 Å². The predicted octanol–water partition coefficient (Wildman–Crippen LogP) is 3.56. The van der Waals surface area contributed by atoms with Crippen LogP contribution in [0.3, 0.4) is 0 Å². The van der Waals surface area contributed by atoms with Gasteiger partial charge in [-0.3, -0.25) is 4.79 Å². The molecule has 2 atom stereocenters. The van der Waals surface area contributed by atoms with Crippen molar-refractivity contribution >= 4 is 11.9 Å². The second-order valence-corrected chi connectivity index (χ2v) is 8.10. The van der Waals surface area contributed by atoms with Crippen molar-refractivity contribution in [2.24, 2.45) is 22.4 Å². The molecule has 1 amide bonds. The molecule has 34 heavy (non-hydrogen) atoms. The molecule has 2 rings (SSSR count). The summed E-state index contributed by atoms with van der Waals surface area (Å²) < 4.78 is 57.1. The first-order chi connectivity index (χ1) is 15.9. The number of alkyl halides is 3. The molecule has 2 aromatic carbocycles. The fraction of sp³-hybridized carbons (Fsp3) is 0.391. The van der Waals surface area contributed by atoms with Crippen molar-refractivity contribution in [3.63, 3.8) is 0 Å². The zero-order chi connectivity index (χ0) is 25.5. The smallest absolute Gasteiger partial charge is 0.416 e. The number of guanidine groups is 1. The number of nitrogens with zero attached hydrogens (tertiary/aromatic N) is 1. The zero-order valence-corrected chi connectivity index (χ0v) is 19.1. The third-order valence-corrected chi connectivity index (χ3v) is 4.78. The van der Waals surface area contributed by atoms with Gasteiger partial charge in [0.15, 0.2) is 11.6 Å². The van der Waals surface area contributed by atoms with E-state index in [1.807, 2.05) is 13.8 Å². The van der Waals surface area contributed by atoms with E-state index >= 15 is 0 Å². The minimum absolute atomic E-state index is 0.0161. The quantitative estimate of drug-likeness (QED) is 0.198. The Hall–Kier alpha value is -3.18. The van der Waals surface area contributed by atoms with Gasteiger partial charge in [-0.05, 0) is 54.3 Å². The number of nitrogens with two attached hydrogens (primary N) is 2. The van der Waals surface area contributed by atoms with Gasteiger partial charge >= 0.3 is 6.18 Å². The summed E-state index contributed by atoms with van der Waals surface area (Å²) in [6.45, 7) is 4.33. The van der Waals surface area contributed by atoms with Crippen LogP contribution in [-0.4, -0.2) is 31.7 Å². The predicted molar refractivity (Wildman–Crippen MR) is 122 cm³/mol. The van der Waals surface area contributed by atoms with Crippen LogP contribution in [0.5, 0.6) is 5.75 Å². The number of halogens is 4. The Morgan fingerprint density at radius 1 is 1.12 bits per heavy atom. The number of amides is 1. The SMILES string of the molecule is COc1ccc(C(N)CC(N)N/C(=N\C(=O)c2ccc(C(F)(F)F)cc2)NCC(C)C)cc1F. The van der Waals surface area contributed by atoms with Gasteiger partial charge in [-0.2, -0.15) is 18.2 Å². The van der Waals surface area contributed by atoms with Crippen molar-refractivity contribution in [3.8, 4) is 5.75 Å². The molecule has 0 saturated carbocycles. The zero-order valence-electron chi connectivity index (χ0n) is 19.1. The number of ether oxygens (including phenoxy) is 1. The summed E-state index contributed by atoms with van der Waals surface area (Å²) in [4.78, 5) is 16.5. The Bertz CT molecular complexity index is 994. The minimum Gasteiger partial charge on any atom is -0.494 e. The highest BCUT2D eigenvalue weighted by molar-refractivity contribution is 6.02. The molecule has 0 aliphatic carbocycles. The highest BCUT2D eigenvalue weighted by atomic mass is 19.4. The number of carbonyl (C=O) groups is 1. The molecular weight excluding hydrogens is 454 g/mol. The topological polar surface area (TPSA) is 115 Å². The molecule has 186 valence electrons. The standard InChI is InChI=1S/C23H29F4N5O2/c1-13(2)12-30-22(32-21(33)14-4-7-16(8-5-14)23(25,26)27)31-20(29)11-18(28)15-6-9-19(34-3)17(24)10-15/h4-10,13,18,20H,11-12,28-29H2,1-3H3,(H2,30,31,32,33). The van der Waals surface area contributed by atoms with Crippen LogP contribution in [0.4, 0.5) is 17.6 Å². The van der Waals surface area contributed by atoms with E-state index in [0.717, 1.165) is 24.3 Å². The molecule has 0 aromatic heterocycles. The number of hydrogen-bond acceptors (Lipinski definition) is 4. The number of hydrogen-bond donors (Lipinski definition) is 4. The summed E-state index contributed by atoms with van der Waals surface area (Å²) >= 11 is 0. The lowest BCUT2D eigenvalue weighted by Gasteiger charge is -2.22. The van der Waals surface area contributed by atoms with Crippen molar-refractivity contribution in [2.75, 3.05) is 13.7 Å². The van der Waals surface area contributed by atoms with Crippen LogP contribution in [-0.2, 0) is 6.18 Å². The first kappa shape index (κ1) is 27.1. The molecule has 0 radical (unpaired) electrons. The fourth-order valence-electron chi connectivity index (χ4n) is 2.95. The van der Waals surface area contributed by atoms with E-state index in [9.17, 15) is 22.4 Å². The molecule has 0 aliphatic heterocycles. The summed E-state index contributed by atoms with van der Waals surface area (Å²) in [6.07, 6.45) is -5.10. The number of aliphatic imine (C=N–C) groups is 1. The van der Waals surface area contributed by atoms with Crippen LogP contribution in [0.2, 0.25) is 0 Å². The van der Waals surface area contributed by atoms with Crippen LogP contribution in [0.1, 0.15) is 47.8 Å².